The van der Waals surface area contributed by atoms with Gasteiger partial charge in [0.1, 0.15) is 0 Å². The Morgan fingerprint density at radius 3 is 2.62 bits per heavy atom. The first-order chi connectivity index (χ1) is 17.9. The van der Waals surface area contributed by atoms with Crippen LogP contribution in [0.15, 0.2) is 82.6 Å². The highest BCUT2D eigenvalue weighted by molar-refractivity contribution is 8.04. The maximum atomic E-state index is 13.6. The van der Waals surface area contributed by atoms with Crippen molar-refractivity contribution in [2.45, 2.75) is 50.6 Å². The van der Waals surface area contributed by atoms with E-state index in [1.165, 1.54) is 18.2 Å². The maximum absolute atomic E-state index is 13.6. The molecule has 1 saturated carbocycles. The molecule has 0 saturated heterocycles. The number of rotatable bonds is 5. The molecule has 0 bridgehead atoms. The Morgan fingerprint density at radius 1 is 1.05 bits per heavy atom. The Labute approximate surface area is 228 Å². The zero-order valence-corrected chi connectivity index (χ0v) is 22.7. The second-order valence-electron chi connectivity index (χ2n) is 10.1. The Hall–Kier alpha value is -3.02. The Balaban J connectivity index is 1.34. The molecule has 3 aromatic carbocycles. The number of para-hydroxylation sites is 1. The van der Waals surface area contributed by atoms with Crippen LogP contribution in [0, 0.1) is 11.8 Å². The number of amides is 2. The molecule has 1 fully saturated rings. The summed E-state index contributed by atoms with van der Waals surface area (Å²) < 4.78 is 0. The van der Waals surface area contributed by atoms with Gasteiger partial charge in [-0.25, -0.2) is 0 Å². The third-order valence-corrected chi connectivity index (χ3v) is 8.87. The van der Waals surface area contributed by atoms with E-state index in [4.69, 9.17) is 11.6 Å². The Bertz CT molecular complexity index is 1340. The summed E-state index contributed by atoms with van der Waals surface area (Å²) in [4.78, 5) is 29.9. The van der Waals surface area contributed by atoms with Gasteiger partial charge in [-0.2, -0.15) is 0 Å². The van der Waals surface area contributed by atoms with Gasteiger partial charge >= 0.3 is 0 Å². The van der Waals surface area contributed by atoms with Crippen molar-refractivity contribution in [2.75, 3.05) is 4.90 Å². The molecular weight excluding hydrogens is 500 g/mol. The number of anilines is 1. The van der Waals surface area contributed by atoms with Gasteiger partial charge < -0.3 is 10.2 Å². The molecule has 3 atom stereocenters. The van der Waals surface area contributed by atoms with Crippen molar-refractivity contribution >= 4 is 46.9 Å². The molecule has 0 unspecified atom stereocenters. The molecule has 0 spiro atoms. The number of hydrogen-bond acceptors (Lipinski definition) is 3. The van der Waals surface area contributed by atoms with Gasteiger partial charge in [-0.3, -0.25) is 9.59 Å². The molecule has 190 valence electrons. The minimum atomic E-state index is -0.0501. The molecule has 4 nitrogen and oxygen atoms in total. The normalized spacial score (nSPS) is 22.6. The number of thioether (sulfide) groups is 1. The largest absolute Gasteiger partial charge is 0.349 e. The SMILES string of the molecule is C[C@@H]1[C@H](C)CCC[C@H]1NC(=O)c1ccc(/C=C2/Sc3ccccc3N(Cc3cccc(Cl)c3)C2=O)cc1. The van der Waals surface area contributed by atoms with Crippen molar-refractivity contribution in [1.29, 1.82) is 0 Å². The Morgan fingerprint density at radius 2 is 1.84 bits per heavy atom. The van der Waals surface area contributed by atoms with E-state index in [0.717, 1.165) is 34.6 Å². The zero-order chi connectivity index (χ0) is 25.9. The Kier molecular flexibility index (Phi) is 7.73. The van der Waals surface area contributed by atoms with Gasteiger partial charge in [0, 0.05) is 21.5 Å². The molecule has 2 aliphatic rings. The molecular formula is C31H31ClN2O2S. The number of benzene rings is 3. The molecule has 1 aliphatic heterocycles. The number of fused-ring (bicyclic) bond motifs is 1. The first kappa shape index (κ1) is 25.6. The van der Waals surface area contributed by atoms with Crippen molar-refractivity contribution in [2.24, 2.45) is 11.8 Å². The molecule has 1 heterocycles. The average Bonchev–Trinajstić information content (AvgIpc) is 2.89. The summed E-state index contributed by atoms with van der Waals surface area (Å²) in [6, 6.07) is 23.3. The van der Waals surface area contributed by atoms with Crippen molar-refractivity contribution < 1.29 is 9.59 Å². The van der Waals surface area contributed by atoms with Gasteiger partial charge in [0.05, 0.1) is 17.1 Å². The number of halogens is 1. The van der Waals surface area contributed by atoms with Crippen molar-refractivity contribution in [1.82, 2.24) is 5.32 Å². The summed E-state index contributed by atoms with van der Waals surface area (Å²) in [6.07, 6.45) is 5.33. The van der Waals surface area contributed by atoms with Crippen LogP contribution < -0.4 is 10.2 Å². The second kappa shape index (κ2) is 11.2. The molecule has 0 aromatic heterocycles. The summed E-state index contributed by atoms with van der Waals surface area (Å²) >= 11 is 7.67. The van der Waals surface area contributed by atoms with Crippen LogP contribution in [-0.2, 0) is 11.3 Å². The van der Waals surface area contributed by atoms with E-state index < -0.39 is 0 Å². The van der Waals surface area contributed by atoms with Crippen molar-refractivity contribution in [3.05, 3.63) is 99.4 Å². The van der Waals surface area contributed by atoms with E-state index in [9.17, 15) is 9.59 Å². The zero-order valence-electron chi connectivity index (χ0n) is 21.1. The predicted octanol–water partition coefficient (Wildman–Crippen LogP) is 7.57. The van der Waals surface area contributed by atoms with Gasteiger partial charge in [0.25, 0.3) is 11.8 Å². The molecule has 1 N–H and O–H groups in total. The quantitative estimate of drug-likeness (QED) is 0.346. The summed E-state index contributed by atoms with van der Waals surface area (Å²) in [5.74, 6) is 1.02. The second-order valence-corrected chi connectivity index (χ2v) is 11.6. The van der Waals surface area contributed by atoms with E-state index in [2.05, 4.69) is 19.2 Å². The fraction of sp³-hybridized carbons (Fsp3) is 0.290. The monoisotopic (exact) mass is 530 g/mol. The smallest absolute Gasteiger partial charge is 0.265 e. The van der Waals surface area contributed by atoms with Crippen LogP contribution in [0.3, 0.4) is 0 Å². The van der Waals surface area contributed by atoms with E-state index in [0.29, 0.717) is 33.9 Å². The third kappa shape index (κ3) is 5.78. The minimum absolute atomic E-state index is 0.0325. The van der Waals surface area contributed by atoms with E-state index in [-0.39, 0.29) is 17.9 Å². The van der Waals surface area contributed by atoms with Crippen LogP contribution in [0.4, 0.5) is 5.69 Å². The van der Waals surface area contributed by atoms with E-state index >= 15 is 0 Å². The van der Waals surface area contributed by atoms with Crippen LogP contribution in [0.25, 0.3) is 6.08 Å². The number of hydrogen-bond donors (Lipinski definition) is 1. The number of nitrogens with one attached hydrogen (secondary N) is 1. The molecule has 5 rings (SSSR count). The lowest BCUT2D eigenvalue weighted by Crippen LogP contribution is -2.43. The molecule has 37 heavy (non-hydrogen) atoms. The summed E-state index contributed by atoms with van der Waals surface area (Å²) in [5.41, 5.74) is 3.39. The lowest BCUT2D eigenvalue weighted by Gasteiger charge is -2.34. The highest BCUT2D eigenvalue weighted by atomic mass is 35.5. The molecule has 6 heteroatoms. The van der Waals surface area contributed by atoms with Crippen LogP contribution in [0.2, 0.25) is 5.02 Å². The van der Waals surface area contributed by atoms with E-state index in [1.807, 2.05) is 78.9 Å². The van der Waals surface area contributed by atoms with Crippen LogP contribution in [0.1, 0.15) is 54.6 Å². The van der Waals surface area contributed by atoms with Gasteiger partial charge in [0.2, 0.25) is 0 Å². The third-order valence-electron chi connectivity index (χ3n) is 7.56. The molecule has 0 radical (unpaired) electrons. The minimum Gasteiger partial charge on any atom is -0.349 e. The lowest BCUT2D eigenvalue weighted by atomic mass is 9.78. The fourth-order valence-electron chi connectivity index (χ4n) is 5.16. The molecule has 1 aliphatic carbocycles. The topological polar surface area (TPSA) is 49.4 Å². The summed E-state index contributed by atoms with van der Waals surface area (Å²) in [7, 11) is 0. The lowest BCUT2D eigenvalue weighted by molar-refractivity contribution is -0.114. The number of nitrogens with zero attached hydrogens (tertiary/aromatic N) is 1. The maximum Gasteiger partial charge on any atom is 0.265 e. The number of carbonyl (C=O) groups is 2. The van der Waals surface area contributed by atoms with Crippen molar-refractivity contribution in [3.63, 3.8) is 0 Å². The van der Waals surface area contributed by atoms with Crippen LogP contribution >= 0.6 is 23.4 Å². The summed E-state index contributed by atoms with van der Waals surface area (Å²) in [5, 5.41) is 3.89. The standard InChI is InChI=1S/C31H31ClN2O2S/c1-20-7-5-10-26(21(20)2)33-30(35)24-15-13-22(14-16-24)18-29-31(36)34(19-23-8-6-9-25(32)17-23)27-11-3-4-12-28(27)37-29/h3-4,6,8-9,11-18,20-21,26H,5,7,10,19H2,1-2H3,(H,33,35)/b29-18+/t20-,21-,26-/m1/s1. The van der Waals surface area contributed by atoms with E-state index in [1.54, 1.807) is 4.90 Å². The van der Waals surface area contributed by atoms with Gasteiger partial charge in [-0.05, 0) is 71.9 Å². The first-order valence-corrected chi connectivity index (χ1v) is 14.0. The molecule has 3 aromatic rings. The number of carbonyl (C=O) groups excluding carboxylic acids is 2. The van der Waals surface area contributed by atoms with Gasteiger partial charge in [-0.1, -0.05) is 86.5 Å². The molecule has 2 amide bonds. The first-order valence-electron chi connectivity index (χ1n) is 12.8. The van der Waals surface area contributed by atoms with Crippen LogP contribution in [0.5, 0.6) is 0 Å². The van der Waals surface area contributed by atoms with Gasteiger partial charge in [-0.15, -0.1) is 0 Å². The fourth-order valence-corrected chi connectivity index (χ4v) is 6.43. The highest BCUT2D eigenvalue weighted by Crippen LogP contribution is 2.42. The van der Waals surface area contributed by atoms with Crippen molar-refractivity contribution in [3.8, 4) is 0 Å². The average molecular weight is 531 g/mol. The highest BCUT2D eigenvalue weighted by Gasteiger charge is 2.30. The van der Waals surface area contributed by atoms with Crippen LogP contribution in [-0.4, -0.2) is 17.9 Å². The van der Waals surface area contributed by atoms with Gasteiger partial charge in [0.15, 0.2) is 0 Å². The predicted molar refractivity (Wildman–Crippen MR) is 153 cm³/mol. The summed E-state index contributed by atoms with van der Waals surface area (Å²) in [6.45, 7) is 4.94.